The first-order chi connectivity index (χ1) is 8.69. The first-order valence-corrected chi connectivity index (χ1v) is 11.0. The Labute approximate surface area is 134 Å². The minimum atomic E-state index is 0.174. The van der Waals surface area contributed by atoms with E-state index in [0.717, 1.165) is 16.8 Å². The fourth-order valence-corrected chi connectivity index (χ4v) is 13.1. The summed E-state index contributed by atoms with van der Waals surface area (Å²) >= 11 is 12.1. The summed E-state index contributed by atoms with van der Waals surface area (Å²) in [5, 5.41) is 0. The third-order valence-corrected chi connectivity index (χ3v) is 12.8. The van der Waals surface area contributed by atoms with Gasteiger partial charge in [0.1, 0.15) is 0 Å². The fraction of sp³-hybridized carbons (Fsp3) is 0. The molecule has 0 radical (unpaired) electrons. The van der Waals surface area contributed by atoms with Crippen molar-refractivity contribution < 1.29 is 0 Å². The second-order valence-corrected chi connectivity index (χ2v) is 13.1. The molecule has 0 spiro atoms. The maximum atomic E-state index is 11.3. The van der Waals surface area contributed by atoms with E-state index >= 15 is 0 Å². The summed E-state index contributed by atoms with van der Waals surface area (Å²) in [5.41, 5.74) is 0. The van der Waals surface area contributed by atoms with Crippen LogP contribution < -0.4 is 8.11 Å². The minimum Gasteiger partial charge on any atom is -0.265 e. The first-order valence-electron chi connectivity index (χ1n) is 4.42. The van der Waals surface area contributed by atoms with Crippen LogP contribution in [0, 0.1) is 0 Å². The molecule has 2 aliphatic rings. The van der Waals surface area contributed by atoms with Gasteiger partial charge in [0.25, 0.3) is 8.11 Å². The second-order valence-electron chi connectivity index (χ2n) is 3.04. The highest BCUT2D eigenvalue weighted by atomic mass is 32.3. The molecule has 0 aromatic carbocycles. The van der Waals surface area contributed by atoms with Gasteiger partial charge < -0.3 is 0 Å². The van der Waals surface area contributed by atoms with Gasteiger partial charge in [-0.3, -0.25) is 9.59 Å². The average molecular weight is 385 g/mol. The third kappa shape index (κ3) is 2.10. The number of hydrogen-bond acceptors (Lipinski definition) is 10. The predicted octanol–water partition coefficient (Wildman–Crippen LogP) is 4.88. The molecule has 2 nitrogen and oxygen atoms in total. The molecule has 4 rings (SSSR count). The van der Waals surface area contributed by atoms with Crippen LogP contribution in [0.2, 0.25) is 0 Å². The van der Waals surface area contributed by atoms with Crippen LogP contribution in [0.4, 0.5) is 0 Å². The van der Waals surface area contributed by atoms with Gasteiger partial charge in [-0.15, -0.1) is 0 Å². The van der Waals surface area contributed by atoms with E-state index in [1.54, 1.807) is 47.0 Å². The summed E-state index contributed by atoms with van der Waals surface area (Å²) in [5.74, 6) is 0. The van der Waals surface area contributed by atoms with E-state index < -0.39 is 0 Å². The lowest BCUT2D eigenvalue weighted by Crippen LogP contribution is -1.76. The van der Waals surface area contributed by atoms with Gasteiger partial charge in [-0.25, -0.2) is 0 Å². The predicted molar refractivity (Wildman–Crippen MR) is 87.4 cm³/mol. The molecule has 0 saturated heterocycles. The van der Waals surface area contributed by atoms with Gasteiger partial charge in [0.15, 0.2) is 0 Å². The molecule has 0 fully saturated rings. The molecule has 2 aromatic rings. The van der Waals surface area contributed by atoms with Crippen LogP contribution in [0.15, 0.2) is 34.9 Å². The Bertz CT molecular complexity index is 663. The summed E-state index contributed by atoms with van der Waals surface area (Å²) in [7, 11) is 0. The zero-order valence-electron chi connectivity index (χ0n) is 8.08. The maximum Gasteiger partial charge on any atom is 0.289 e. The van der Waals surface area contributed by atoms with E-state index in [4.69, 9.17) is 0 Å². The Kier molecular flexibility index (Phi) is 3.28. The smallest absolute Gasteiger partial charge is 0.265 e. The van der Waals surface area contributed by atoms with Crippen molar-refractivity contribution in [1.82, 2.24) is 0 Å². The number of thioether (sulfide) groups is 4. The summed E-state index contributed by atoms with van der Waals surface area (Å²) in [6.07, 6.45) is 0. The largest absolute Gasteiger partial charge is 0.289 e. The van der Waals surface area contributed by atoms with Crippen LogP contribution >= 0.6 is 92.4 Å². The second kappa shape index (κ2) is 4.69. The van der Waals surface area contributed by atoms with Crippen molar-refractivity contribution in [3.63, 3.8) is 0 Å². The van der Waals surface area contributed by atoms with E-state index in [-0.39, 0.29) is 8.11 Å². The molecule has 2 aromatic heterocycles. The van der Waals surface area contributed by atoms with Gasteiger partial charge in [-0.2, -0.15) is 0 Å². The monoisotopic (exact) mass is 384 g/mol. The molecule has 4 heterocycles. The molecule has 0 N–H and O–H groups in total. The van der Waals surface area contributed by atoms with E-state index in [1.807, 2.05) is 0 Å². The van der Waals surface area contributed by atoms with Crippen molar-refractivity contribution in [3.8, 4) is 0 Å². The van der Waals surface area contributed by atoms with Crippen LogP contribution in [0.25, 0.3) is 0 Å². The van der Waals surface area contributed by atoms with E-state index in [1.165, 1.54) is 53.8 Å². The highest BCUT2D eigenvalue weighted by Gasteiger charge is 2.30. The van der Waals surface area contributed by atoms with Crippen molar-refractivity contribution in [2.75, 3.05) is 0 Å². The highest BCUT2D eigenvalue weighted by Crippen LogP contribution is 2.63. The quantitative estimate of drug-likeness (QED) is 0.644. The highest BCUT2D eigenvalue weighted by molar-refractivity contribution is 8.32. The number of hydrogen-bond donors (Lipinski definition) is 0. The summed E-state index contributed by atoms with van der Waals surface area (Å²) < 4.78 is 7.37. The van der Waals surface area contributed by atoms with Gasteiger partial charge in [0.05, 0.1) is 25.3 Å². The van der Waals surface area contributed by atoms with Gasteiger partial charge in [0, 0.05) is 0 Å². The van der Waals surface area contributed by atoms with Crippen LogP contribution in [0.5, 0.6) is 0 Å². The van der Waals surface area contributed by atoms with E-state index in [9.17, 15) is 9.59 Å². The molecule has 0 saturated carbocycles. The Morgan fingerprint density at radius 1 is 0.500 bits per heavy atom. The van der Waals surface area contributed by atoms with Crippen molar-refractivity contribution in [1.29, 1.82) is 0 Å². The lowest BCUT2D eigenvalue weighted by molar-refractivity contribution is 1.56. The van der Waals surface area contributed by atoms with Crippen molar-refractivity contribution in [2.24, 2.45) is 0 Å². The zero-order valence-corrected chi connectivity index (χ0v) is 14.6. The molecule has 0 aliphatic carbocycles. The zero-order chi connectivity index (χ0) is 12.3. The van der Waals surface area contributed by atoms with Crippen LogP contribution in [0.1, 0.15) is 0 Å². The summed E-state index contributed by atoms with van der Waals surface area (Å²) in [6, 6.07) is 0. The SMILES string of the molecule is O=c1sc2c(s1)SC(=C1Sc3sc(=O)sc3S1)S2. The molecular weight excluding hydrogens is 385 g/mol. The normalized spacial score (nSPS) is 17.3. The van der Waals surface area contributed by atoms with Crippen LogP contribution in [0.3, 0.4) is 0 Å². The van der Waals surface area contributed by atoms with Crippen molar-refractivity contribution >= 4 is 92.4 Å². The standard InChI is InChI=1S/C8O2S8/c9-7-15-3-4(16-7)12-1(11-3)2-13-5-6(14-2)18-8(10)17-5. The summed E-state index contributed by atoms with van der Waals surface area (Å²) in [6.45, 7) is 0. The molecule has 2 aliphatic heterocycles. The molecular formula is C8O2S8. The Morgan fingerprint density at radius 3 is 1.06 bits per heavy atom. The topological polar surface area (TPSA) is 34.1 Å². The fourth-order valence-electron chi connectivity index (χ4n) is 1.31. The van der Waals surface area contributed by atoms with Crippen LogP contribution in [-0.4, -0.2) is 0 Å². The van der Waals surface area contributed by atoms with Gasteiger partial charge >= 0.3 is 0 Å². The molecule has 18 heavy (non-hydrogen) atoms. The van der Waals surface area contributed by atoms with Crippen molar-refractivity contribution in [2.45, 2.75) is 16.8 Å². The third-order valence-electron chi connectivity index (χ3n) is 1.95. The van der Waals surface area contributed by atoms with Crippen LogP contribution in [-0.2, 0) is 0 Å². The maximum absolute atomic E-state index is 11.3. The number of rotatable bonds is 0. The van der Waals surface area contributed by atoms with Gasteiger partial charge in [0.2, 0.25) is 0 Å². The molecule has 0 unspecified atom stereocenters. The van der Waals surface area contributed by atoms with Crippen molar-refractivity contribution in [3.05, 3.63) is 26.2 Å². The minimum absolute atomic E-state index is 0.174. The molecule has 0 bridgehead atoms. The van der Waals surface area contributed by atoms with E-state index in [0.29, 0.717) is 0 Å². The van der Waals surface area contributed by atoms with Gasteiger partial charge in [-0.05, 0) is 0 Å². The lowest BCUT2D eigenvalue weighted by Gasteiger charge is -1.98. The molecule has 0 amide bonds. The van der Waals surface area contributed by atoms with E-state index in [2.05, 4.69) is 0 Å². The average Bonchev–Trinajstić information content (AvgIpc) is 2.94. The van der Waals surface area contributed by atoms with Gasteiger partial charge in [-0.1, -0.05) is 92.4 Å². The Morgan fingerprint density at radius 2 is 0.778 bits per heavy atom. The lowest BCUT2D eigenvalue weighted by atomic mass is 11.1. The molecule has 10 heteroatoms. The Hall–Kier alpha value is 0.840. The molecule has 92 valence electrons. The first kappa shape index (κ1) is 12.6. The number of fused-ring (bicyclic) bond motifs is 2. The Balaban J connectivity index is 1.68. The molecule has 0 atom stereocenters. The summed E-state index contributed by atoms with van der Waals surface area (Å²) in [4.78, 5) is 22.5.